The molecule has 0 saturated carbocycles. The lowest BCUT2D eigenvalue weighted by Crippen LogP contribution is -2.58. The molecule has 2 rings (SSSR count). The molecule has 2 aliphatic heterocycles. The first-order valence-electron chi connectivity index (χ1n) is 9.40. The van der Waals surface area contributed by atoms with E-state index in [2.05, 4.69) is 10.6 Å². The van der Waals surface area contributed by atoms with Crippen molar-refractivity contribution in [2.45, 2.75) is 44.8 Å². The van der Waals surface area contributed by atoms with Crippen LogP contribution in [-0.4, -0.2) is 79.6 Å². The molecule has 0 bridgehead atoms. The average molecular weight is 378 g/mol. The topological polar surface area (TPSA) is 64.7 Å². The Morgan fingerprint density at radius 3 is 2.31 bits per heavy atom. The highest BCUT2D eigenvalue weighted by Crippen LogP contribution is 2.25. The highest BCUT2D eigenvalue weighted by molar-refractivity contribution is 5.80. The molecule has 1 unspecified atom stereocenters. The van der Waals surface area contributed by atoms with Gasteiger partial charge in [0.15, 0.2) is 0 Å². The number of alkyl halides is 3. The van der Waals surface area contributed by atoms with Crippen molar-refractivity contribution in [3.8, 4) is 0 Å². The van der Waals surface area contributed by atoms with Crippen LogP contribution >= 0.6 is 0 Å². The largest absolute Gasteiger partial charge is 0.405 e. The Kier molecular flexibility index (Phi) is 7.69. The molecule has 0 radical (unpaired) electrons. The van der Waals surface area contributed by atoms with Gasteiger partial charge in [-0.2, -0.15) is 13.2 Å². The minimum atomic E-state index is -4.37. The summed E-state index contributed by atoms with van der Waals surface area (Å²) in [5.41, 5.74) is 0. The van der Waals surface area contributed by atoms with E-state index in [-0.39, 0.29) is 17.7 Å². The number of piperazine rings is 1. The highest BCUT2D eigenvalue weighted by atomic mass is 19.4. The Morgan fingerprint density at radius 1 is 1.15 bits per heavy atom. The molecule has 0 aromatic carbocycles. The second-order valence-electron chi connectivity index (χ2n) is 6.99. The Hall–Kier alpha value is -1.35. The van der Waals surface area contributed by atoms with Gasteiger partial charge in [0.25, 0.3) is 0 Å². The molecule has 2 aliphatic rings. The van der Waals surface area contributed by atoms with E-state index in [9.17, 15) is 22.8 Å². The molecular formula is C17H29F3N4O2. The van der Waals surface area contributed by atoms with E-state index in [1.807, 2.05) is 6.92 Å². The number of piperidine rings is 1. The summed E-state index contributed by atoms with van der Waals surface area (Å²) >= 11 is 0. The zero-order valence-corrected chi connectivity index (χ0v) is 15.3. The molecule has 9 heteroatoms. The van der Waals surface area contributed by atoms with E-state index in [1.54, 1.807) is 4.90 Å². The Balaban J connectivity index is 1.82. The molecule has 0 spiro atoms. The number of nitrogens with one attached hydrogen (secondary N) is 2. The number of hydrogen-bond donors (Lipinski definition) is 2. The van der Waals surface area contributed by atoms with Crippen LogP contribution in [0.15, 0.2) is 0 Å². The molecule has 150 valence electrons. The lowest BCUT2D eigenvalue weighted by molar-refractivity contribution is -0.184. The molecular weight excluding hydrogens is 349 g/mol. The van der Waals surface area contributed by atoms with Crippen LogP contribution in [0.1, 0.15) is 32.6 Å². The van der Waals surface area contributed by atoms with Gasteiger partial charge in [-0.05, 0) is 19.3 Å². The van der Waals surface area contributed by atoms with Gasteiger partial charge in [-0.1, -0.05) is 6.92 Å². The van der Waals surface area contributed by atoms with Crippen LogP contribution in [0.5, 0.6) is 0 Å². The molecule has 2 N–H and O–H groups in total. The number of likely N-dealkylation sites (tertiary alicyclic amines) is 1. The summed E-state index contributed by atoms with van der Waals surface area (Å²) in [6.45, 7) is 4.19. The molecule has 1 atom stereocenters. The number of halogens is 3. The first kappa shape index (κ1) is 21.0. The van der Waals surface area contributed by atoms with Gasteiger partial charge in [0.05, 0.1) is 0 Å². The fourth-order valence-corrected chi connectivity index (χ4v) is 3.55. The van der Waals surface area contributed by atoms with Gasteiger partial charge in [-0.15, -0.1) is 0 Å². The van der Waals surface area contributed by atoms with Gasteiger partial charge in [0, 0.05) is 58.2 Å². The van der Waals surface area contributed by atoms with Crippen molar-refractivity contribution >= 4 is 11.8 Å². The third-order valence-corrected chi connectivity index (χ3v) is 5.12. The van der Waals surface area contributed by atoms with Crippen LogP contribution in [0.2, 0.25) is 0 Å². The maximum Gasteiger partial charge on any atom is 0.405 e. The van der Waals surface area contributed by atoms with Crippen molar-refractivity contribution < 1.29 is 22.8 Å². The van der Waals surface area contributed by atoms with Gasteiger partial charge in [-0.25, -0.2) is 0 Å². The molecule has 0 aliphatic carbocycles. The molecule has 0 aromatic rings. The van der Waals surface area contributed by atoms with Crippen molar-refractivity contribution in [3.63, 3.8) is 0 Å². The molecule has 6 nitrogen and oxygen atoms in total. The van der Waals surface area contributed by atoms with E-state index in [1.165, 1.54) is 4.90 Å². The fourth-order valence-electron chi connectivity index (χ4n) is 3.55. The number of carbonyl (C=O) groups excluding carboxylic acids is 2. The van der Waals surface area contributed by atoms with Crippen molar-refractivity contribution in [2.24, 2.45) is 5.92 Å². The summed E-state index contributed by atoms with van der Waals surface area (Å²) in [4.78, 5) is 27.3. The maximum atomic E-state index is 13.4. The average Bonchev–Trinajstić information content (AvgIpc) is 2.62. The van der Waals surface area contributed by atoms with E-state index in [0.29, 0.717) is 58.5 Å². The van der Waals surface area contributed by atoms with E-state index in [4.69, 9.17) is 0 Å². The standard InChI is InChI=1S/C17H29F3N4O2/c1-2-3-15(25)24-8-4-13(5-9-24)16(26)22-12-14(17(18,19)20)23-10-6-21-7-11-23/h13-14,21H,2-12H2,1H3,(H,22,26). The highest BCUT2D eigenvalue weighted by Gasteiger charge is 2.44. The number of nitrogens with zero attached hydrogens (tertiary/aromatic N) is 2. The zero-order valence-electron chi connectivity index (χ0n) is 15.3. The van der Waals surface area contributed by atoms with Gasteiger partial charge in [-0.3, -0.25) is 14.5 Å². The summed E-state index contributed by atoms with van der Waals surface area (Å²) in [5.74, 6) is -0.572. The number of hydrogen-bond acceptors (Lipinski definition) is 4. The van der Waals surface area contributed by atoms with E-state index >= 15 is 0 Å². The molecule has 26 heavy (non-hydrogen) atoms. The second kappa shape index (κ2) is 9.55. The van der Waals surface area contributed by atoms with Crippen molar-refractivity contribution in [1.82, 2.24) is 20.4 Å². The van der Waals surface area contributed by atoms with Crippen LogP contribution in [-0.2, 0) is 9.59 Å². The minimum absolute atomic E-state index is 0.0854. The zero-order chi connectivity index (χ0) is 19.2. The molecule has 2 amide bonds. The predicted molar refractivity (Wildman–Crippen MR) is 91.5 cm³/mol. The number of carbonyl (C=O) groups is 2. The van der Waals surface area contributed by atoms with Crippen LogP contribution in [0.25, 0.3) is 0 Å². The minimum Gasteiger partial charge on any atom is -0.354 e. The SMILES string of the molecule is CCCC(=O)N1CCC(C(=O)NCC(N2CCNCC2)C(F)(F)F)CC1. The van der Waals surface area contributed by atoms with Crippen LogP contribution < -0.4 is 10.6 Å². The predicted octanol–water partition coefficient (Wildman–Crippen LogP) is 0.977. The summed E-state index contributed by atoms with van der Waals surface area (Å²) in [7, 11) is 0. The lowest BCUT2D eigenvalue weighted by atomic mass is 9.95. The normalized spacial score (nSPS) is 21.5. The Labute approximate surface area is 152 Å². The smallest absolute Gasteiger partial charge is 0.354 e. The number of rotatable bonds is 6. The molecule has 2 heterocycles. The first-order chi connectivity index (χ1) is 12.3. The summed E-state index contributed by atoms with van der Waals surface area (Å²) in [5, 5.41) is 5.53. The van der Waals surface area contributed by atoms with Crippen LogP contribution in [0, 0.1) is 5.92 Å². The third kappa shape index (κ3) is 5.84. The van der Waals surface area contributed by atoms with Gasteiger partial charge < -0.3 is 15.5 Å². The second-order valence-corrected chi connectivity index (χ2v) is 6.99. The van der Waals surface area contributed by atoms with Gasteiger partial charge in [0.2, 0.25) is 11.8 Å². The van der Waals surface area contributed by atoms with Crippen molar-refractivity contribution in [3.05, 3.63) is 0 Å². The van der Waals surface area contributed by atoms with Crippen molar-refractivity contribution in [1.29, 1.82) is 0 Å². The first-order valence-corrected chi connectivity index (χ1v) is 9.40. The molecule has 2 saturated heterocycles. The van der Waals surface area contributed by atoms with Crippen LogP contribution in [0.4, 0.5) is 13.2 Å². The Morgan fingerprint density at radius 2 is 1.77 bits per heavy atom. The molecule has 0 aromatic heterocycles. The van der Waals surface area contributed by atoms with E-state index < -0.39 is 18.8 Å². The third-order valence-electron chi connectivity index (χ3n) is 5.12. The fraction of sp³-hybridized carbons (Fsp3) is 0.882. The molecule has 2 fully saturated rings. The van der Waals surface area contributed by atoms with Gasteiger partial charge in [0.1, 0.15) is 6.04 Å². The Bertz CT molecular complexity index is 473. The summed E-state index contributed by atoms with van der Waals surface area (Å²) in [6, 6.07) is -1.65. The van der Waals surface area contributed by atoms with Crippen molar-refractivity contribution in [2.75, 3.05) is 45.8 Å². The summed E-state index contributed by atoms with van der Waals surface area (Å²) < 4.78 is 40.1. The lowest BCUT2D eigenvalue weighted by Gasteiger charge is -2.36. The van der Waals surface area contributed by atoms with E-state index in [0.717, 1.165) is 6.42 Å². The van der Waals surface area contributed by atoms with Gasteiger partial charge >= 0.3 is 6.18 Å². The quantitative estimate of drug-likeness (QED) is 0.723. The summed E-state index contributed by atoms with van der Waals surface area (Å²) in [6.07, 6.45) is -2.09. The number of amides is 2. The van der Waals surface area contributed by atoms with Crippen LogP contribution in [0.3, 0.4) is 0 Å². The maximum absolute atomic E-state index is 13.4. The monoisotopic (exact) mass is 378 g/mol.